The molecule has 2 aromatic rings. The van der Waals surface area contributed by atoms with Gasteiger partial charge in [0.1, 0.15) is 12.6 Å². The lowest BCUT2D eigenvalue weighted by molar-refractivity contribution is -0.117. The van der Waals surface area contributed by atoms with E-state index in [4.69, 9.17) is 4.74 Å². The van der Waals surface area contributed by atoms with Crippen LogP contribution < -0.4 is 10.6 Å². The molecule has 7 nitrogen and oxygen atoms in total. The number of aryl methyl sites for hydroxylation is 1. The molecule has 1 fully saturated rings. The van der Waals surface area contributed by atoms with Gasteiger partial charge in [0.05, 0.1) is 11.0 Å². The number of alkyl carbamates (subject to hydrolysis) is 1. The Labute approximate surface area is 121 Å². The summed E-state index contributed by atoms with van der Waals surface area (Å²) < 4.78 is 6.69. The quantitative estimate of drug-likeness (QED) is 0.892. The zero-order valence-electron chi connectivity index (χ0n) is 11.6. The number of ether oxygens (including phenoxy) is 1. The normalized spacial score (nSPS) is 17.6. The Hall–Kier alpha value is -2.57. The van der Waals surface area contributed by atoms with E-state index in [0.717, 1.165) is 24.0 Å². The predicted octanol–water partition coefficient (Wildman–Crippen LogP) is 1.49. The van der Waals surface area contributed by atoms with Crippen LogP contribution in [0.3, 0.4) is 0 Å². The standard InChI is InChI=1S/C14H16N4O3/c1-2-7-18-11-6-4-3-5-9(11)15-13(18)17-12(19)10-8-21-14(20)16-10/h3-6,10H,2,7-8H2,1H3,(H,16,20)(H,15,17,19). The number of cyclic esters (lactones) is 1. The average molecular weight is 288 g/mol. The fourth-order valence-electron chi connectivity index (χ4n) is 2.34. The van der Waals surface area contributed by atoms with Gasteiger partial charge in [0.2, 0.25) is 5.95 Å². The molecule has 3 rings (SSSR count). The number of fused-ring (bicyclic) bond motifs is 1. The van der Waals surface area contributed by atoms with Gasteiger partial charge < -0.3 is 14.6 Å². The minimum atomic E-state index is -0.674. The summed E-state index contributed by atoms with van der Waals surface area (Å²) in [4.78, 5) is 27.6. The Balaban J connectivity index is 1.87. The number of anilines is 1. The van der Waals surface area contributed by atoms with Crippen LogP contribution in [-0.4, -0.2) is 34.2 Å². The zero-order valence-corrected chi connectivity index (χ0v) is 11.6. The molecule has 2 amide bonds. The highest BCUT2D eigenvalue weighted by Crippen LogP contribution is 2.20. The number of nitrogens with zero attached hydrogens (tertiary/aromatic N) is 2. The number of carbonyl (C=O) groups excluding carboxylic acids is 2. The molecule has 0 spiro atoms. The molecular formula is C14H16N4O3. The number of para-hydroxylation sites is 2. The SMILES string of the molecule is CCCn1c(NC(=O)C2COC(=O)N2)nc2ccccc21. The number of hydrogen-bond acceptors (Lipinski definition) is 4. The first kappa shape index (κ1) is 13.4. The molecule has 0 radical (unpaired) electrons. The molecule has 2 heterocycles. The van der Waals surface area contributed by atoms with Gasteiger partial charge in [-0.3, -0.25) is 10.1 Å². The number of imidazole rings is 1. The van der Waals surface area contributed by atoms with Crippen molar-refractivity contribution in [2.45, 2.75) is 25.9 Å². The number of rotatable bonds is 4. The molecule has 0 bridgehead atoms. The van der Waals surface area contributed by atoms with Crippen molar-refractivity contribution >= 4 is 29.0 Å². The van der Waals surface area contributed by atoms with Gasteiger partial charge in [-0.2, -0.15) is 0 Å². The van der Waals surface area contributed by atoms with Crippen molar-refractivity contribution in [1.82, 2.24) is 14.9 Å². The summed E-state index contributed by atoms with van der Waals surface area (Å²) in [5.74, 6) is 0.165. The van der Waals surface area contributed by atoms with E-state index in [9.17, 15) is 9.59 Å². The third kappa shape index (κ3) is 2.54. The summed E-state index contributed by atoms with van der Waals surface area (Å²) in [6.45, 7) is 2.85. The highest BCUT2D eigenvalue weighted by Gasteiger charge is 2.29. The monoisotopic (exact) mass is 288 g/mol. The van der Waals surface area contributed by atoms with Crippen molar-refractivity contribution < 1.29 is 14.3 Å². The van der Waals surface area contributed by atoms with Crippen LogP contribution in [0.2, 0.25) is 0 Å². The van der Waals surface area contributed by atoms with Crippen LogP contribution in [0.25, 0.3) is 11.0 Å². The van der Waals surface area contributed by atoms with E-state index in [-0.39, 0.29) is 12.5 Å². The minimum Gasteiger partial charge on any atom is -0.447 e. The Bertz CT molecular complexity index is 695. The van der Waals surface area contributed by atoms with Crippen molar-refractivity contribution in [1.29, 1.82) is 0 Å². The second-order valence-corrected chi connectivity index (χ2v) is 4.86. The first-order valence-electron chi connectivity index (χ1n) is 6.88. The molecule has 1 aliphatic rings. The summed E-state index contributed by atoms with van der Waals surface area (Å²) in [6, 6.07) is 7.04. The summed E-state index contributed by atoms with van der Waals surface area (Å²) in [5.41, 5.74) is 1.80. The number of hydrogen-bond donors (Lipinski definition) is 2. The molecule has 110 valence electrons. The maximum Gasteiger partial charge on any atom is 0.407 e. The van der Waals surface area contributed by atoms with E-state index in [1.807, 2.05) is 28.8 Å². The molecule has 1 atom stereocenters. The van der Waals surface area contributed by atoms with Crippen LogP contribution >= 0.6 is 0 Å². The van der Waals surface area contributed by atoms with Gasteiger partial charge in [-0.1, -0.05) is 19.1 Å². The van der Waals surface area contributed by atoms with Crippen LogP contribution in [0.1, 0.15) is 13.3 Å². The number of benzene rings is 1. The van der Waals surface area contributed by atoms with Crippen LogP contribution in [0.5, 0.6) is 0 Å². The van der Waals surface area contributed by atoms with Gasteiger partial charge >= 0.3 is 6.09 Å². The molecule has 0 saturated carbocycles. The Morgan fingerprint density at radius 1 is 1.52 bits per heavy atom. The molecular weight excluding hydrogens is 272 g/mol. The Kier molecular flexibility index (Phi) is 3.47. The van der Waals surface area contributed by atoms with Crippen molar-refractivity contribution in [3.05, 3.63) is 24.3 Å². The molecule has 1 saturated heterocycles. The molecule has 7 heteroatoms. The number of amides is 2. The number of aromatic nitrogens is 2. The molecule has 1 aliphatic heterocycles. The summed E-state index contributed by atoms with van der Waals surface area (Å²) in [7, 11) is 0. The first-order chi connectivity index (χ1) is 10.2. The summed E-state index contributed by atoms with van der Waals surface area (Å²) in [5, 5.41) is 5.21. The van der Waals surface area contributed by atoms with Crippen molar-refractivity contribution in [3.8, 4) is 0 Å². The second kappa shape index (κ2) is 5.43. The van der Waals surface area contributed by atoms with Gasteiger partial charge in [-0.05, 0) is 18.6 Å². The van der Waals surface area contributed by atoms with E-state index in [1.54, 1.807) is 0 Å². The minimum absolute atomic E-state index is 0.0404. The molecule has 1 aromatic carbocycles. The van der Waals surface area contributed by atoms with Gasteiger partial charge in [0.25, 0.3) is 5.91 Å². The average Bonchev–Trinajstić information content (AvgIpc) is 3.04. The van der Waals surface area contributed by atoms with Crippen molar-refractivity contribution in [3.63, 3.8) is 0 Å². The van der Waals surface area contributed by atoms with E-state index < -0.39 is 12.1 Å². The van der Waals surface area contributed by atoms with Crippen LogP contribution in [0.4, 0.5) is 10.7 Å². The summed E-state index contributed by atoms with van der Waals surface area (Å²) >= 11 is 0. The third-order valence-corrected chi connectivity index (χ3v) is 3.33. The maximum atomic E-state index is 12.1. The molecule has 1 aromatic heterocycles. The maximum absolute atomic E-state index is 12.1. The van der Waals surface area contributed by atoms with Crippen LogP contribution in [-0.2, 0) is 16.1 Å². The van der Waals surface area contributed by atoms with E-state index in [0.29, 0.717) is 5.95 Å². The zero-order chi connectivity index (χ0) is 14.8. The van der Waals surface area contributed by atoms with Crippen molar-refractivity contribution in [2.75, 3.05) is 11.9 Å². The Morgan fingerprint density at radius 3 is 3.05 bits per heavy atom. The fourth-order valence-corrected chi connectivity index (χ4v) is 2.34. The van der Waals surface area contributed by atoms with E-state index in [1.165, 1.54) is 0 Å². The fraction of sp³-hybridized carbons (Fsp3) is 0.357. The van der Waals surface area contributed by atoms with Crippen molar-refractivity contribution in [2.24, 2.45) is 0 Å². The second-order valence-electron chi connectivity index (χ2n) is 4.86. The van der Waals surface area contributed by atoms with Gasteiger partial charge in [0, 0.05) is 6.54 Å². The third-order valence-electron chi connectivity index (χ3n) is 3.33. The lowest BCUT2D eigenvalue weighted by Gasteiger charge is -2.11. The number of carbonyl (C=O) groups is 2. The molecule has 1 unspecified atom stereocenters. The highest BCUT2D eigenvalue weighted by molar-refractivity contribution is 5.97. The lowest BCUT2D eigenvalue weighted by atomic mass is 10.3. The molecule has 2 N–H and O–H groups in total. The van der Waals surface area contributed by atoms with Gasteiger partial charge in [-0.25, -0.2) is 9.78 Å². The highest BCUT2D eigenvalue weighted by atomic mass is 16.6. The molecule has 0 aliphatic carbocycles. The molecule has 21 heavy (non-hydrogen) atoms. The van der Waals surface area contributed by atoms with E-state index >= 15 is 0 Å². The predicted molar refractivity (Wildman–Crippen MR) is 76.9 cm³/mol. The smallest absolute Gasteiger partial charge is 0.407 e. The Morgan fingerprint density at radius 2 is 2.33 bits per heavy atom. The lowest BCUT2D eigenvalue weighted by Crippen LogP contribution is -2.39. The largest absolute Gasteiger partial charge is 0.447 e. The van der Waals surface area contributed by atoms with E-state index in [2.05, 4.69) is 22.5 Å². The topological polar surface area (TPSA) is 85.2 Å². The van der Waals surface area contributed by atoms with Gasteiger partial charge in [0.15, 0.2) is 0 Å². The number of nitrogens with one attached hydrogen (secondary N) is 2. The van der Waals surface area contributed by atoms with Crippen LogP contribution in [0.15, 0.2) is 24.3 Å². The summed E-state index contributed by atoms with van der Waals surface area (Å²) in [6.07, 6.45) is 0.351. The first-order valence-corrected chi connectivity index (χ1v) is 6.88. The van der Waals surface area contributed by atoms with Gasteiger partial charge in [-0.15, -0.1) is 0 Å². The van der Waals surface area contributed by atoms with Crippen LogP contribution in [0, 0.1) is 0 Å².